The number of benzene rings is 3. The van der Waals surface area contributed by atoms with Gasteiger partial charge < -0.3 is 14.6 Å². The lowest BCUT2D eigenvalue weighted by atomic mass is 9.86. The van der Waals surface area contributed by atoms with Crippen molar-refractivity contribution in [2.75, 3.05) is 5.32 Å². The second kappa shape index (κ2) is 8.38. The van der Waals surface area contributed by atoms with E-state index < -0.39 is 12.1 Å². The van der Waals surface area contributed by atoms with Crippen LogP contribution in [-0.2, 0) is 10.2 Å². The number of hydrogen-bond donors (Lipinski definition) is 1. The molecule has 1 aliphatic heterocycles. The van der Waals surface area contributed by atoms with Crippen molar-refractivity contribution in [2.45, 2.75) is 52.2 Å². The Kier molecular flexibility index (Phi) is 5.47. The molecule has 1 aliphatic rings. The molecule has 6 nitrogen and oxygen atoms in total. The van der Waals surface area contributed by atoms with Crippen LogP contribution in [0.5, 0.6) is 5.75 Å². The molecule has 0 bridgehead atoms. The standard InChI is InChI=1S/C29H29N3O3/c1-17(26(33)20-12-15-25-23(16-20)31-28(34)18(2)35-25)32-24-9-7-6-8-22(24)30-27(32)19-10-13-21(14-11-19)29(3,4)5/h6-18H,1-5H3,(H,31,34). The quantitative estimate of drug-likeness (QED) is 0.365. The van der Waals surface area contributed by atoms with Gasteiger partial charge in [-0.25, -0.2) is 4.98 Å². The zero-order valence-electron chi connectivity index (χ0n) is 20.6. The fourth-order valence-electron chi connectivity index (χ4n) is 4.48. The van der Waals surface area contributed by atoms with Crippen LogP contribution in [-0.4, -0.2) is 27.3 Å². The summed E-state index contributed by atoms with van der Waals surface area (Å²) in [5, 5.41) is 2.83. The van der Waals surface area contributed by atoms with E-state index in [0.717, 1.165) is 22.4 Å². The molecule has 0 saturated heterocycles. The number of fused-ring (bicyclic) bond motifs is 2. The molecule has 0 radical (unpaired) electrons. The smallest absolute Gasteiger partial charge is 0.265 e. The van der Waals surface area contributed by atoms with Gasteiger partial charge in [0.25, 0.3) is 5.91 Å². The van der Waals surface area contributed by atoms with Gasteiger partial charge in [-0.1, -0.05) is 57.2 Å². The van der Waals surface area contributed by atoms with Crippen LogP contribution in [0.25, 0.3) is 22.4 Å². The van der Waals surface area contributed by atoms with Crippen molar-refractivity contribution in [1.82, 2.24) is 9.55 Å². The summed E-state index contributed by atoms with van der Waals surface area (Å²) in [7, 11) is 0. The Hall–Kier alpha value is -3.93. The molecule has 178 valence electrons. The predicted octanol–water partition coefficient (Wildman–Crippen LogP) is 6.16. The van der Waals surface area contributed by atoms with Gasteiger partial charge in [0, 0.05) is 11.1 Å². The first-order valence-electron chi connectivity index (χ1n) is 11.9. The first-order valence-corrected chi connectivity index (χ1v) is 11.9. The van der Waals surface area contributed by atoms with Crippen LogP contribution in [0.15, 0.2) is 66.7 Å². The van der Waals surface area contributed by atoms with Gasteiger partial charge in [0.1, 0.15) is 11.6 Å². The van der Waals surface area contributed by atoms with Crippen LogP contribution in [0.2, 0.25) is 0 Å². The van der Waals surface area contributed by atoms with Crippen molar-refractivity contribution >= 4 is 28.4 Å². The first kappa shape index (κ1) is 22.8. The molecule has 1 amide bonds. The molecule has 4 aromatic rings. The van der Waals surface area contributed by atoms with Crippen molar-refractivity contribution in [3.05, 3.63) is 77.9 Å². The van der Waals surface area contributed by atoms with Crippen molar-refractivity contribution in [2.24, 2.45) is 0 Å². The number of para-hydroxylation sites is 2. The number of amides is 1. The molecule has 3 aromatic carbocycles. The van der Waals surface area contributed by atoms with Gasteiger partial charge in [0.15, 0.2) is 11.9 Å². The summed E-state index contributed by atoms with van der Waals surface area (Å²) < 4.78 is 7.64. The van der Waals surface area contributed by atoms with Crippen molar-refractivity contribution in [3.8, 4) is 17.1 Å². The molecule has 2 unspecified atom stereocenters. The fraction of sp³-hybridized carbons (Fsp3) is 0.276. The molecular weight excluding hydrogens is 438 g/mol. The minimum absolute atomic E-state index is 0.0469. The zero-order valence-corrected chi connectivity index (χ0v) is 20.6. The topological polar surface area (TPSA) is 73.2 Å². The predicted molar refractivity (Wildman–Crippen MR) is 138 cm³/mol. The summed E-state index contributed by atoms with van der Waals surface area (Å²) in [4.78, 5) is 30.6. The lowest BCUT2D eigenvalue weighted by Crippen LogP contribution is -2.34. The number of rotatable bonds is 4. The van der Waals surface area contributed by atoms with E-state index in [-0.39, 0.29) is 17.1 Å². The lowest BCUT2D eigenvalue weighted by molar-refractivity contribution is -0.122. The van der Waals surface area contributed by atoms with Gasteiger partial charge in [-0.15, -0.1) is 0 Å². The third-order valence-electron chi connectivity index (χ3n) is 6.57. The highest BCUT2D eigenvalue weighted by molar-refractivity contribution is 6.03. The lowest BCUT2D eigenvalue weighted by Gasteiger charge is -2.24. The molecule has 1 N–H and O–H groups in total. The van der Waals surface area contributed by atoms with Crippen molar-refractivity contribution < 1.29 is 14.3 Å². The van der Waals surface area contributed by atoms with Crippen molar-refractivity contribution in [3.63, 3.8) is 0 Å². The highest BCUT2D eigenvalue weighted by atomic mass is 16.5. The number of ether oxygens (including phenoxy) is 1. The molecule has 6 heteroatoms. The third-order valence-corrected chi connectivity index (χ3v) is 6.57. The van der Waals surface area contributed by atoms with E-state index in [1.54, 1.807) is 25.1 Å². The van der Waals surface area contributed by atoms with Crippen LogP contribution in [0.1, 0.15) is 56.6 Å². The minimum atomic E-state index is -0.562. The Morgan fingerprint density at radius 3 is 2.49 bits per heavy atom. The Bertz CT molecular complexity index is 1440. The van der Waals surface area contributed by atoms with Gasteiger partial charge in [-0.2, -0.15) is 0 Å². The average molecular weight is 468 g/mol. The number of hydrogen-bond acceptors (Lipinski definition) is 4. The number of carbonyl (C=O) groups is 2. The second-order valence-electron chi connectivity index (χ2n) is 10.1. The second-order valence-corrected chi connectivity index (χ2v) is 10.1. The van der Waals surface area contributed by atoms with E-state index in [0.29, 0.717) is 17.0 Å². The van der Waals surface area contributed by atoms with Crippen LogP contribution < -0.4 is 10.1 Å². The largest absolute Gasteiger partial charge is 0.479 e. The fourth-order valence-corrected chi connectivity index (χ4v) is 4.48. The molecule has 35 heavy (non-hydrogen) atoms. The van der Waals surface area contributed by atoms with Crippen molar-refractivity contribution in [1.29, 1.82) is 0 Å². The zero-order chi connectivity index (χ0) is 24.9. The molecule has 0 aliphatic carbocycles. The maximum atomic E-state index is 13.7. The number of anilines is 1. The van der Waals surface area contributed by atoms with Gasteiger partial charge in [-0.3, -0.25) is 9.59 Å². The van der Waals surface area contributed by atoms with Crippen LogP contribution in [0.3, 0.4) is 0 Å². The van der Waals surface area contributed by atoms with Crippen LogP contribution in [0.4, 0.5) is 5.69 Å². The van der Waals surface area contributed by atoms with Crippen LogP contribution >= 0.6 is 0 Å². The number of nitrogens with one attached hydrogen (secondary N) is 1. The molecule has 1 aromatic heterocycles. The summed E-state index contributed by atoms with van der Waals surface area (Å²) >= 11 is 0. The Balaban J connectivity index is 1.56. The maximum absolute atomic E-state index is 13.7. The summed E-state index contributed by atoms with van der Waals surface area (Å²) in [5.41, 5.74) is 4.98. The Morgan fingerprint density at radius 1 is 1.06 bits per heavy atom. The summed E-state index contributed by atoms with van der Waals surface area (Å²) in [6, 6.07) is 20.9. The molecule has 5 rings (SSSR count). The Labute approximate surface area is 204 Å². The number of nitrogens with zero attached hydrogens (tertiary/aromatic N) is 2. The molecule has 2 heterocycles. The average Bonchev–Trinajstić information content (AvgIpc) is 3.23. The number of imidazole rings is 1. The summed E-state index contributed by atoms with van der Waals surface area (Å²) in [5.74, 6) is 1.01. The van der Waals surface area contributed by atoms with Gasteiger partial charge in [0.05, 0.1) is 22.8 Å². The molecule has 0 spiro atoms. The van der Waals surface area contributed by atoms with E-state index >= 15 is 0 Å². The Morgan fingerprint density at radius 2 is 1.77 bits per heavy atom. The highest BCUT2D eigenvalue weighted by Crippen LogP contribution is 2.34. The van der Waals surface area contributed by atoms with E-state index in [2.05, 4.69) is 50.4 Å². The van der Waals surface area contributed by atoms with Gasteiger partial charge in [-0.05, 0) is 55.2 Å². The number of Topliss-reactive ketones (excluding diaryl/α,β-unsaturated/α-hetero) is 1. The van der Waals surface area contributed by atoms with Gasteiger partial charge in [0.2, 0.25) is 0 Å². The minimum Gasteiger partial charge on any atom is -0.479 e. The maximum Gasteiger partial charge on any atom is 0.265 e. The SMILES string of the molecule is CC1Oc2ccc(C(=O)C(C)n3c(-c4ccc(C(C)(C)C)cc4)nc4ccccc43)cc2NC1=O. The highest BCUT2D eigenvalue weighted by Gasteiger charge is 2.27. The van der Waals surface area contributed by atoms with E-state index in [1.807, 2.05) is 35.8 Å². The first-order chi connectivity index (χ1) is 16.6. The molecule has 0 saturated carbocycles. The molecular formula is C29H29N3O3. The van der Waals surface area contributed by atoms with Crippen LogP contribution in [0, 0.1) is 0 Å². The van der Waals surface area contributed by atoms with E-state index in [9.17, 15) is 9.59 Å². The number of ketones is 1. The monoisotopic (exact) mass is 467 g/mol. The molecule has 0 fully saturated rings. The van der Waals surface area contributed by atoms with E-state index in [1.165, 1.54) is 5.56 Å². The van der Waals surface area contributed by atoms with E-state index in [4.69, 9.17) is 9.72 Å². The summed E-state index contributed by atoms with van der Waals surface area (Å²) in [6.07, 6.45) is -0.562. The third kappa shape index (κ3) is 4.09. The summed E-state index contributed by atoms with van der Waals surface area (Å²) in [6.45, 7) is 10.1. The number of aromatic nitrogens is 2. The number of carbonyl (C=O) groups excluding carboxylic acids is 2. The normalized spacial score (nSPS) is 16.4. The van der Waals surface area contributed by atoms with Gasteiger partial charge >= 0.3 is 0 Å². The molecule has 2 atom stereocenters.